The first kappa shape index (κ1) is 20.7. The van der Waals surface area contributed by atoms with Crippen molar-refractivity contribution in [2.45, 2.75) is 0 Å². The number of rotatable bonds is 8. The van der Waals surface area contributed by atoms with Crippen molar-refractivity contribution >= 4 is 11.8 Å². The summed E-state index contributed by atoms with van der Waals surface area (Å²) in [6, 6.07) is 6.95. The van der Waals surface area contributed by atoms with Gasteiger partial charge in [-0.25, -0.2) is 0 Å². The zero-order valence-corrected chi connectivity index (χ0v) is 16.3. The molecule has 8 heteroatoms. The van der Waals surface area contributed by atoms with Crippen LogP contribution >= 0.6 is 0 Å². The molecule has 8 nitrogen and oxygen atoms in total. The Morgan fingerprint density at radius 3 is 1.54 bits per heavy atom. The van der Waals surface area contributed by atoms with Crippen LogP contribution in [0.1, 0.15) is 20.7 Å². The van der Waals surface area contributed by atoms with Crippen molar-refractivity contribution in [3.05, 3.63) is 35.4 Å². The largest absolute Gasteiger partial charge is 0.379 e. The normalized spacial score (nSPS) is 18.6. The summed E-state index contributed by atoms with van der Waals surface area (Å²) in [5, 5.41) is 5.85. The minimum atomic E-state index is -0.216. The van der Waals surface area contributed by atoms with Gasteiger partial charge in [0, 0.05) is 52.4 Å². The molecule has 0 aromatic heterocycles. The molecule has 2 amide bonds. The number of carbonyl (C=O) groups excluding carboxylic acids is 2. The fraction of sp³-hybridized carbons (Fsp3) is 0.600. The van der Waals surface area contributed by atoms with Crippen LogP contribution in [-0.4, -0.2) is 100 Å². The van der Waals surface area contributed by atoms with E-state index >= 15 is 0 Å². The number of hydrogen-bond donors (Lipinski definition) is 2. The van der Waals surface area contributed by atoms with E-state index in [0.717, 1.165) is 65.7 Å². The first-order chi connectivity index (χ1) is 13.7. The fourth-order valence-corrected chi connectivity index (χ4v) is 3.37. The Morgan fingerprint density at radius 2 is 1.14 bits per heavy atom. The lowest BCUT2D eigenvalue weighted by atomic mass is 10.1. The van der Waals surface area contributed by atoms with Gasteiger partial charge in [-0.05, 0) is 12.1 Å². The second-order valence-corrected chi connectivity index (χ2v) is 6.97. The van der Waals surface area contributed by atoms with Crippen molar-refractivity contribution in [3.63, 3.8) is 0 Å². The predicted molar refractivity (Wildman–Crippen MR) is 106 cm³/mol. The minimum absolute atomic E-state index is 0.216. The van der Waals surface area contributed by atoms with Crippen molar-refractivity contribution < 1.29 is 19.1 Å². The molecule has 2 saturated heterocycles. The number of ether oxygens (including phenoxy) is 2. The predicted octanol–water partition coefficient (Wildman–Crippen LogP) is -0.189. The van der Waals surface area contributed by atoms with Gasteiger partial charge in [-0.2, -0.15) is 0 Å². The standard InChI is InChI=1S/C20H30N4O4/c25-19(21-5-7-23-9-13-27-14-10-23)17-3-1-2-4-18(17)20(26)22-6-8-24-11-15-28-16-12-24/h1-4H,5-16H2,(H,21,25)(H,22,26). The Kier molecular flexibility index (Phi) is 8.23. The van der Waals surface area contributed by atoms with Crippen molar-refractivity contribution in [1.29, 1.82) is 0 Å². The van der Waals surface area contributed by atoms with Crippen LogP contribution in [0.5, 0.6) is 0 Å². The number of amides is 2. The molecule has 2 N–H and O–H groups in total. The van der Waals surface area contributed by atoms with Crippen LogP contribution in [0, 0.1) is 0 Å². The van der Waals surface area contributed by atoms with Gasteiger partial charge in [-0.15, -0.1) is 0 Å². The summed E-state index contributed by atoms with van der Waals surface area (Å²) < 4.78 is 10.7. The highest BCUT2D eigenvalue weighted by Gasteiger charge is 2.17. The number of nitrogens with zero attached hydrogens (tertiary/aromatic N) is 2. The highest BCUT2D eigenvalue weighted by Crippen LogP contribution is 2.09. The maximum absolute atomic E-state index is 12.6. The van der Waals surface area contributed by atoms with Gasteiger partial charge in [0.05, 0.1) is 37.6 Å². The number of morpholine rings is 2. The molecule has 0 radical (unpaired) electrons. The summed E-state index contributed by atoms with van der Waals surface area (Å²) in [5.41, 5.74) is 0.821. The second-order valence-electron chi connectivity index (χ2n) is 6.97. The third-order valence-electron chi connectivity index (χ3n) is 5.05. The van der Waals surface area contributed by atoms with E-state index in [0.29, 0.717) is 24.2 Å². The molecule has 2 aliphatic heterocycles. The molecule has 28 heavy (non-hydrogen) atoms. The summed E-state index contributed by atoms with van der Waals surface area (Å²) in [7, 11) is 0. The third-order valence-corrected chi connectivity index (χ3v) is 5.05. The topological polar surface area (TPSA) is 83.1 Å². The van der Waals surface area contributed by atoms with E-state index in [1.807, 2.05) is 0 Å². The zero-order chi connectivity index (χ0) is 19.6. The van der Waals surface area contributed by atoms with Crippen LogP contribution in [0.4, 0.5) is 0 Å². The summed E-state index contributed by atoms with van der Waals surface area (Å²) in [6.07, 6.45) is 0. The Morgan fingerprint density at radius 1 is 0.750 bits per heavy atom. The minimum Gasteiger partial charge on any atom is -0.379 e. The molecule has 0 aliphatic carbocycles. The lowest BCUT2D eigenvalue weighted by Gasteiger charge is -2.26. The van der Waals surface area contributed by atoms with Gasteiger partial charge in [0.25, 0.3) is 11.8 Å². The molecule has 2 heterocycles. The van der Waals surface area contributed by atoms with Crippen LogP contribution < -0.4 is 10.6 Å². The Balaban J connectivity index is 1.46. The van der Waals surface area contributed by atoms with Gasteiger partial charge in [-0.1, -0.05) is 12.1 Å². The quantitative estimate of drug-likeness (QED) is 0.640. The molecule has 0 spiro atoms. The van der Waals surface area contributed by atoms with Crippen LogP contribution in [0.15, 0.2) is 24.3 Å². The van der Waals surface area contributed by atoms with Crippen LogP contribution in [-0.2, 0) is 9.47 Å². The van der Waals surface area contributed by atoms with Gasteiger partial charge in [0.15, 0.2) is 0 Å². The summed E-state index contributed by atoms with van der Waals surface area (Å²) in [6.45, 7) is 9.15. The third kappa shape index (κ3) is 6.27. The van der Waals surface area contributed by atoms with Gasteiger partial charge in [0.2, 0.25) is 0 Å². The molecule has 0 bridgehead atoms. The number of nitrogens with one attached hydrogen (secondary N) is 2. The number of carbonyl (C=O) groups is 2. The highest BCUT2D eigenvalue weighted by molar-refractivity contribution is 6.07. The highest BCUT2D eigenvalue weighted by atomic mass is 16.5. The van der Waals surface area contributed by atoms with Crippen molar-refractivity contribution in [2.24, 2.45) is 0 Å². The first-order valence-electron chi connectivity index (χ1n) is 9.99. The molecule has 3 rings (SSSR count). The molecule has 154 valence electrons. The average molecular weight is 390 g/mol. The van der Waals surface area contributed by atoms with Crippen LogP contribution in [0.3, 0.4) is 0 Å². The smallest absolute Gasteiger partial charge is 0.252 e. The number of hydrogen-bond acceptors (Lipinski definition) is 6. The lowest BCUT2D eigenvalue weighted by Crippen LogP contribution is -2.42. The van der Waals surface area contributed by atoms with E-state index in [-0.39, 0.29) is 11.8 Å². The van der Waals surface area contributed by atoms with Gasteiger partial charge < -0.3 is 20.1 Å². The van der Waals surface area contributed by atoms with Crippen molar-refractivity contribution in [1.82, 2.24) is 20.4 Å². The maximum Gasteiger partial charge on any atom is 0.252 e. The Labute approximate surface area is 166 Å². The monoisotopic (exact) mass is 390 g/mol. The van der Waals surface area contributed by atoms with Crippen molar-refractivity contribution in [2.75, 3.05) is 78.8 Å². The lowest BCUT2D eigenvalue weighted by molar-refractivity contribution is 0.0381. The molecule has 2 fully saturated rings. The summed E-state index contributed by atoms with van der Waals surface area (Å²) >= 11 is 0. The first-order valence-corrected chi connectivity index (χ1v) is 9.99. The van der Waals surface area contributed by atoms with Crippen LogP contribution in [0.2, 0.25) is 0 Å². The number of benzene rings is 1. The van der Waals surface area contributed by atoms with E-state index < -0.39 is 0 Å². The molecule has 1 aromatic rings. The molecular formula is C20H30N4O4. The molecule has 2 aliphatic rings. The molecule has 1 aromatic carbocycles. The van der Waals surface area contributed by atoms with E-state index in [9.17, 15) is 9.59 Å². The fourth-order valence-electron chi connectivity index (χ4n) is 3.37. The van der Waals surface area contributed by atoms with E-state index in [4.69, 9.17) is 9.47 Å². The molecular weight excluding hydrogens is 360 g/mol. The Hall–Kier alpha value is -2.00. The Bertz CT molecular complexity index is 588. The summed E-state index contributed by atoms with van der Waals surface area (Å²) in [5.74, 6) is -0.431. The van der Waals surface area contributed by atoms with Crippen LogP contribution in [0.25, 0.3) is 0 Å². The van der Waals surface area contributed by atoms with Crippen molar-refractivity contribution in [3.8, 4) is 0 Å². The zero-order valence-electron chi connectivity index (χ0n) is 16.3. The molecule has 0 atom stereocenters. The van der Waals surface area contributed by atoms with E-state index in [1.165, 1.54) is 0 Å². The SMILES string of the molecule is O=C(NCCN1CCOCC1)c1ccccc1C(=O)NCCN1CCOCC1. The molecule has 0 saturated carbocycles. The second kappa shape index (κ2) is 11.1. The van der Waals surface area contributed by atoms with Gasteiger partial charge in [-0.3, -0.25) is 19.4 Å². The summed E-state index contributed by atoms with van der Waals surface area (Å²) in [4.78, 5) is 29.7. The van der Waals surface area contributed by atoms with E-state index in [2.05, 4.69) is 20.4 Å². The van der Waals surface area contributed by atoms with Gasteiger partial charge in [0.1, 0.15) is 0 Å². The van der Waals surface area contributed by atoms with Gasteiger partial charge >= 0.3 is 0 Å². The average Bonchev–Trinajstić information content (AvgIpc) is 2.75. The van der Waals surface area contributed by atoms with E-state index in [1.54, 1.807) is 24.3 Å². The maximum atomic E-state index is 12.6. The molecule has 0 unspecified atom stereocenters.